The Hall–Kier alpha value is -0.990. The second-order valence-electron chi connectivity index (χ2n) is 7.28. The van der Waals surface area contributed by atoms with Crippen molar-refractivity contribution in [2.24, 2.45) is 11.7 Å². The molecule has 2 fully saturated rings. The summed E-state index contributed by atoms with van der Waals surface area (Å²) in [5.41, 5.74) is 6.65. The van der Waals surface area contributed by atoms with Crippen LogP contribution in [-0.4, -0.2) is 62.0 Å². The predicted octanol–water partition coefficient (Wildman–Crippen LogP) is 1.02. The lowest BCUT2D eigenvalue weighted by Crippen LogP contribution is -2.54. The largest absolute Gasteiger partial charge is 0.373 e. The number of rotatable bonds is 4. The van der Waals surface area contributed by atoms with Crippen LogP contribution in [0.15, 0.2) is 30.3 Å². The monoisotopic (exact) mass is 353 g/mol. The van der Waals surface area contributed by atoms with Crippen LogP contribution in [0.2, 0.25) is 0 Å². The number of hydrogen-bond donors (Lipinski definition) is 1. The van der Waals surface area contributed by atoms with Gasteiger partial charge in [-0.25, -0.2) is 0 Å². The normalized spacial score (nSPS) is 29.0. The highest BCUT2D eigenvalue weighted by Gasteiger charge is 2.43. The molecular formula is C17H27N3O3S. The third-order valence-electron chi connectivity index (χ3n) is 4.98. The first-order chi connectivity index (χ1) is 11.3. The zero-order valence-electron chi connectivity index (χ0n) is 14.4. The predicted molar refractivity (Wildman–Crippen MR) is 93.8 cm³/mol. The maximum atomic E-state index is 13.1. The van der Waals surface area contributed by atoms with E-state index in [0.29, 0.717) is 39.3 Å². The first kappa shape index (κ1) is 17.8. The summed E-state index contributed by atoms with van der Waals surface area (Å²) in [6, 6.07) is 10.1. The molecule has 0 spiro atoms. The lowest BCUT2D eigenvalue weighted by atomic mass is 9.89. The number of nitrogens with two attached hydrogens (primary N) is 1. The molecule has 0 bridgehead atoms. The standard InChI is InChI=1S/C17H27N3O3S/c1-17(2)13-19(8-9-23-17)24(21,22)20-11-15(10-18)16(12-20)14-6-4-3-5-7-14/h3-7,15-16H,8-13,18H2,1-2H3/t15-,16+/m1/s1. The Morgan fingerprint density at radius 2 is 1.92 bits per heavy atom. The van der Waals surface area contributed by atoms with E-state index in [4.69, 9.17) is 10.5 Å². The molecule has 24 heavy (non-hydrogen) atoms. The Labute approximate surface area is 144 Å². The Bertz CT molecular complexity index is 663. The summed E-state index contributed by atoms with van der Waals surface area (Å²) in [6.07, 6.45) is 0. The molecule has 2 aliphatic rings. The number of benzene rings is 1. The number of morpholine rings is 1. The number of nitrogens with zero attached hydrogens (tertiary/aromatic N) is 2. The van der Waals surface area contributed by atoms with Crippen molar-refractivity contribution in [3.05, 3.63) is 35.9 Å². The summed E-state index contributed by atoms with van der Waals surface area (Å²) in [5.74, 6) is 0.302. The van der Waals surface area contributed by atoms with E-state index in [0.717, 1.165) is 5.56 Å². The number of ether oxygens (including phenoxy) is 1. The Morgan fingerprint density at radius 3 is 2.54 bits per heavy atom. The fourth-order valence-corrected chi connectivity index (χ4v) is 5.50. The van der Waals surface area contributed by atoms with Gasteiger partial charge in [0.05, 0.1) is 12.2 Å². The van der Waals surface area contributed by atoms with Gasteiger partial charge in [0.25, 0.3) is 10.2 Å². The topological polar surface area (TPSA) is 75.9 Å². The van der Waals surface area contributed by atoms with Crippen molar-refractivity contribution in [2.45, 2.75) is 25.4 Å². The minimum Gasteiger partial charge on any atom is -0.373 e. The lowest BCUT2D eigenvalue weighted by Gasteiger charge is -2.38. The molecular weight excluding hydrogens is 326 g/mol. The van der Waals surface area contributed by atoms with E-state index in [9.17, 15) is 8.42 Å². The van der Waals surface area contributed by atoms with Gasteiger partial charge in [0.2, 0.25) is 0 Å². The Balaban J connectivity index is 1.80. The Kier molecular flexibility index (Phi) is 4.99. The van der Waals surface area contributed by atoms with Gasteiger partial charge in [0, 0.05) is 32.1 Å². The van der Waals surface area contributed by atoms with Gasteiger partial charge in [0.1, 0.15) is 0 Å². The van der Waals surface area contributed by atoms with Gasteiger partial charge in [-0.1, -0.05) is 30.3 Å². The molecule has 3 rings (SSSR count). The van der Waals surface area contributed by atoms with Crippen LogP contribution in [-0.2, 0) is 14.9 Å². The van der Waals surface area contributed by atoms with Crippen LogP contribution < -0.4 is 5.73 Å². The van der Waals surface area contributed by atoms with Crippen molar-refractivity contribution in [1.29, 1.82) is 0 Å². The van der Waals surface area contributed by atoms with Crippen LogP contribution in [0.4, 0.5) is 0 Å². The Morgan fingerprint density at radius 1 is 1.21 bits per heavy atom. The smallest absolute Gasteiger partial charge is 0.282 e. The van der Waals surface area contributed by atoms with Crippen LogP contribution in [0, 0.1) is 5.92 Å². The van der Waals surface area contributed by atoms with E-state index in [-0.39, 0.29) is 11.8 Å². The molecule has 2 atom stereocenters. The van der Waals surface area contributed by atoms with Crippen molar-refractivity contribution in [1.82, 2.24) is 8.61 Å². The highest BCUT2D eigenvalue weighted by Crippen LogP contribution is 2.34. The maximum Gasteiger partial charge on any atom is 0.282 e. The molecule has 134 valence electrons. The van der Waals surface area contributed by atoms with Gasteiger partial charge in [-0.2, -0.15) is 17.0 Å². The lowest BCUT2D eigenvalue weighted by molar-refractivity contribution is -0.0651. The molecule has 0 radical (unpaired) electrons. The van der Waals surface area contributed by atoms with Crippen molar-refractivity contribution in [3.8, 4) is 0 Å². The first-order valence-electron chi connectivity index (χ1n) is 8.48. The van der Waals surface area contributed by atoms with Gasteiger partial charge in [-0.3, -0.25) is 0 Å². The molecule has 2 saturated heterocycles. The summed E-state index contributed by atoms with van der Waals surface area (Å²) in [5, 5.41) is 0. The first-order valence-corrected chi connectivity index (χ1v) is 9.87. The third kappa shape index (κ3) is 3.50. The molecule has 0 saturated carbocycles. The molecule has 1 aromatic carbocycles. The highest BCUT2D eigenvalue weighted by molar-refractivity contribution is 7.86. The molecule has 6 nitrogen and oxygen atoms in total. The summed E-state index contributed by atoms with van der Waals surface area (Å²) in [4.78, 5) is 0. The quantitative estimate of drug-likeness (QED) is 0.877. The zero-order chi connectivity index (χ0) is 17.4. The third-order valence-corrected chi connectivity index (χ3v) is 6.90. The van der Waals surface area contributed by atoms with Crippen LogP contribution in [0.3, 0.4) is 0 Å². The van der Waals surface area contributed by atoms with E-state index in [2.05, 4.69) is 12.1 Å². The fourth-order valence-electron chi connectivity index (χ4n) is 3.67. The SMILES string of the molecule is CC1(C)CN(S(=O)(=O)N2C[C@@H](CN)[C@H](c3ccccc3)C2)CCO1. The van der Waals surface area contributed by atoms with E-state index >= 15 is 0 Å². The van der Waals surface area contributed by atoms with Crippen LogP contribution >= 0.6 is 0 Å². The molecule has 0 unspecified atom stereocenters. The van der Waals surface area contributed by atoms with Crippen LogP contribution in [0.25, 0.3) is 0 Å². The van der Waals surface area contributed by atoms with Crippen molar-refractivity contribution in [3.63, 3.8) is 0 Å². The fraction of sp³-hybridized carbons (Fsp3) is 0.647. The van der Waals surface area contributed by atoms with Gasteiger partial charge in [-0.05, 0) is 31.9 Å². The summed E-state index contributed by atoms with van der Waals surface area (Å²) in [6.45, 7) is 6.54. The molecule has 2 N–H and O–H groups in total. The second-order valence-corrected chi connectivity index (χ2v) is 9.21. The van der Waals surface area contributed by atoms with Gasteiger partial charge < -0.3 is 10.5 Å². The summed E-state index contributed by atoms with van der Waals surface area (Å²) in [7, 11) is -3.49. The maximum absolute atomic E-state index is 13.1. The highest BCUT2D eigenvalue weighted by atomic mass is 32.2. The van der Waals surface area contributed by atoms with E-state index in [1.165, 1.54) is 0 Å². The number of hydrogen-bond acceptors (Lipinski definition) is 4. The van der Waals surface area contributed by atoms with E-state index < -0.39 is 15.8 Å². The molecule has 0 amide bonds. The zero-order valence-corrected chi connectivity index (χ0v) is 15.2. The van der Waals surface area contributed by atoms with Crippen LogP contribution in [0.1, 0.15) is 25.3 Å². The molecule has 2 heterocycles. The molecule has 1 aromatic rings. The summed E-state index contributed by atoms with van der Waals surface area (Å²) < 4.78 is 34.9. The molecule has 0 aliphatic carbocycles. The van der Waals surface area contributed by atoms with Crippen molar-refractivity contribution < 1.29 is 13.2 Å². The average molecular weight is 353 g/mol. The van der Waals surface area contributed by atoms with E-state index in [1.807, 2.05) is 32.0 Å². The van der Waals surface area contributed by atoms with Gasteiger partial charge in [0.15, 0.2) is 0 Å². The van der Waals surface area contributed by atoms with Gasteiger partial charge in [-0.15, -0.1) is 0 Å². The average Bonchev–Trinajstić information content (AvgIpc) is 3.00. The minimum atomic E-state index is -3.49. The van der Waals surface area contributed by atoms with Gasteiger partial charge >= 0.3 is 0 Å². The second kappa shape index (κ2) is 6.72. The molecule has 7 heteroatoms. The van der Waals surface area contributed by atoms with Crippen molar-refractivity contribution >= 4 is 10.2 Å². The summed E-state index contributed by atoms with van der Waals surface area (Å²) >= 11 is 0. The molecule has 2 aliphatic heterocycles. The van der Waals surface area contributed by atoms with Crippen molar-refractivity contribution in [2.75, 3.05) is 39.3 Å². The van der Waals surface area contributed by atoms with E-state index in [1.54, 1.807) is 8.61 Å². The molecule has 0 aromatic heterocycles. The minimum absolute atomic E-state index is 0.149. The van der Waals surface area contributed by atoms with Crippen LogP contribution in [0.5, 0.6) is 0 Å².